The maximum absolute atomic E-state index is 11.0. The molecule has 0 saturated carbocycles. The van der Waals surface area contributed by atoms with Gasteiger partial charge in [0.2, 0.25) is 5.91 Å². The van der Waals surface area contributed by atoms with Gasteiger partial charge in [0.1, 0.15) is 11.9 Å². The molecule has 7 nitrogen and oxygen atoms in total. The normalized spacial score (nSPS) is 12.2. The van der Waals surface area contributed by atoms with Gasteiger partial charge in [-0.05, 0) is 18.1 Å². The van der Waals surface area contributed by atoms with Gasteiger partial charge in [-0.2, -0.15) is 0 Å². The van der Waals surface area contributed by atoms with Crippen molar-refractivity contribution >= 4 is 17.7 Å². The number of aliphatic hydroxyl groups is 1. The highest BCUT2D eigenvalue weighted by Crippen LogP contribution is 2.17. The zero-order valence-electron chi connectivity index (χ0n) is 10.8. The summed E-state index contributed by atoms with van der Waals surface area (Å²) >= 11 is 0. The molecule has 0 aliphatic carbocycles. The monoisotopic (exact) mass is 267 g/mol. The zero-order chi connectivity index (χ0) is 14.6. The van der Waals surface area contributed by atoms with Crippen molar-refractivity contribution in [3.05, 3.63) is 23.4 Å². The minimum absolute atomic E-state index is 0.0564. The molecule has 0 aliphatic rings. The van der Waals surface area contributed by atoms with Crippen molar-refractivity contribution in [1.82, 2.24) is 4.98 Å². The van der Waals surface area contributed by atoms with Crippen molar-refractivity contribution in [2.75, 3.05) is 11.9 Å². The third kappa shape index (κ3) is 4.22. The van der Waals surface area contributed by atoms with Crippen LogP contribution in [0.4, 0.5) is 5.82 Å². The van der Waals surface area contributed by atoms with Crippen LogP contribution in [-0.4, -0.2) is 39.7 Å². The third-order valence-corrected chi connectivity index (χ3v) is 2.49. The molecule has 1 rings (SSSR count). The number of amides is 1. The van der Waals surface area contributed by atoms with Crippen LogP contribution in [-0.2, 0) is 4.79 Å². The molecule has 0 radical (unpaired) electrons. The topological polar surface area (TPSA) is 126 Å². The van der Waals surface area contributed by atoms with E-state index < -0.39 is 18.0 Å². The summed E-state index contributed by atoms with van der Waals surface area (Å²) in [4.78, 5) is 25.9. The van der Waals surface area contributed by atoms with Crippen molar-refractivity contribution in [3.63, 3.8) is 0 Å². The number of nitrogens with two attached hydrogens (primary N) is 1. The number of rotatable bonds is 6. The number of primary amides is 1. The molecule has 0 aromatic carbocycles. The second-order valence-corrected chi connectivity index (χ2v) is 4.42. The van der Waals surface area contributed by atoms with E-state index in [1.807, 2.05) is 13.8 Å². The van der Waals surface area contributed by atoms with Gasteiger partial charge >= 0.3 is 5.97 Å². The summed E-state index contributed by atoms with van der Waals surface area (Å²) < 4.78 is 0. The minimum Gasteiger partial charge on any atom is -0.478 e. The molecule has 0 bridgehead atoms. The lowest BCUT2D eigenvalue weighted by Crippen LogP contribution is -2.34. The maximum Gasteiger partial charge on any atom is 0.335 e. The van der Waals surface area contributed by atoms with Crippen LogP contribution >= 0.6 is 0 Å². The van der Waals surface area contributed by atoms with Crippen LogP contribution < -0.4 is 11.1 Å². The Morgan fingerprint density at radius 1 is 1.42 bits per heavy atom. The molecule has 1 aromatic rings. The van der Waals surface area contributed by atoms with Gasteiger partial charge in [-0.3, -0.25) is 4.79 Å². The summed E-state index contributed by atoms with van der Waals surface area (Å²) in [6, 6.07) is 2.82. The molecule has 7 heteroatoms. The van der Waals surface area contributed by atoms with E-state index in [1.165, 1.54) is 12.1 Å². The molecule has 1 atom stereocenters. The van der Waals surface area contributed by atoms with Crippen LogP contribution in [0, 0.1) is 0 Å². The first-order valence-corrected chi connectivity index (χ1v) is 5.77. The van der Waals surface area contributed by atoms with E-state index >= 15 is 0 Å². The summed E-state index contributed by atoms with van der Waals surface area (Å²) in [5, 5.41) is 21.0. The fourth-order valence-electron chi connectivity index (χ4n) is 1.36. The Kier molecular flexibility index (Phi) is 4.82. The number of hydrogen-bond donors (Lipinski definition) is 4. The summed E-state index contributed by atoms with van der Waals surface area (Å²) in [7, 11) is 0. The Morgan fingerprint density at radius 3 is 2.53 bits per heavy atom. The van der Waals surface area contributed by atoms with Gasteiger partial charge in [0, 0.05) is 5.69 Å². The number of aromatic nitrogens is 1. The van der Waals surface area contributed by atoms with Gasteiger partial charge in [0.15, 0.2) is 0 Å². The Hall–Kier alpha value is -2.15. The predicted molar refractivity (Wildman–Crippen MR) is 69.0 cm³/mol. The Bertz CT molecular complexity index is 488. The second-order valence-electron chi connectivity index (χ2n) is 4.42. The van der Waals surface area contributed by atoms with Crippen molar-refractivity contribution in [2.24, 2.45) is 5.73 Å². The summed E-state index contributed by atoms with van der Waals surface area (Å²) in [6.07, 6.45) is -1.35. The van der Waals surface area contributed by atoms with Gasteiger partial charge in [-0.15, -0.1) is 0 Å². The summed E-state index contributed by atoms with van der Waals surface area (Å²) in [5.41, 5.74) is 5.61. The fourth-order valence-corrected chi connectivity index (χ4v) is 1.36. The van der Waals surface area contributed by atoms with Crippen molar-refractivity contribution < 1.29 is 19.8 Å². The number of aromatic carboxylic acids is 1. The van der Waals surface area contributed by atoms with E-state index in [0.717, 1.165) is 0 Å². The number of hydrogen-bond acceptors (Lipinski definition) is 5. The average molecular weight is 267 g/mol. The van der Waals surface area contributed by atoms with E-state index in [-0.39, 0.29) is 23.8 Å². The van der Waals surface area contributed by atoms with Crippen molar-refractivity contribution in [1.29, 1.82) is 0 Å². The third-order valence-electron chi connectivity index (χ3n) is 2.49. The maximum atomic E-state index is 11.0. The Balaban J connectivity index is 2.93. The largest absolute Gasteiger partial charge is 0.478 e. The molecule has 1 heterocycles. The van der Waals surface area contributed by atoms with Crippen LogP contribution in [0.25, 0.3) is 0 Å². The van der Waals surface area contributed by atoms with Crippen LogP contribution in [0.5, 0.6) is 0 Å². The average Bonchev–Trinajstić information content (AvgIpc) is 2.35. The number of aliphatic hydroxyl groups excluding tert-OH is 1. The number of carbonyl (C=O) groups excluding carboxylic acids is 1. The number of carbonyl (C=O) groups is 2. The highest BCUT2D eigenvalue weighted by atomic mass is 16.4. The first kappa shape index (κ1) is 14.9. The van der Waals surface area contributed by atoms with E-state index in [4.69, 9.17) is 10.8 Å². The molecule has 0 saturated heterocycles. The molecule has 0 fully saturated rings. The standard InChI is InChI=1S/C12H17N3O4/c1-6(2)8-3-7(12(18)19)4-10(15-8)14-5-9(16)11(13)17/h3-4,6,9,16H,5H2,1-2H3,(H2,13,17)(H,14,15)(H,18,19). The van der Waals surface area contributed by atoms with Gasteiger partial charge in [0.25, 0.3) is 0 Å². The molecule has 104 valence electrons. The molecule has 0 spiro atoms. The van der Waals surface area contributed by atoms with E-state index in [1.54, 1.807) is 0 Å². The van der Waals surface area contributed by atoms with Gasteiger partial charge in [0.05, 0.1) is 12.1 Å². The fraction of sp³-hybridized carbons (Fsp3) is 0.417. The zero-order valence-corrected chi connectivity index (χ0v) is 10.8. The van der Waals surface area contributed by atoms with Crippen molar-refractivity contribution in [2.45, 2.75) is 25.9 Å². The van der Waals surface area contributed by atoms with Gasteiger partial charge < -0.3 is 21.3 Å². The van der Waals surface area contributed by atoms with E-state index in [0.29, 0.717) is 5.69 Å². The molecular formula is C12H17N3O4. The van der Waals surface area contributed by atoms with Crippen molar-refractivity contribution in [3.8, 4) is 0 Å². The van der Waals surface area contributed by atoms with Crippen LogP contribution in [0.15, 0.2) is 12.1 Å². The lowest BCUT2D eigenvalue weighted by atomic mass is 10.1. The highest BCUT2D eigenvalue weighted by molar-refractivity contribution is 5.88. The lowest BCUT2D eigenvalue weighted by molar-refractivity contribution is -0.125. The molecule has 1 aromatic heterocycles. The first-order chi connectivity index (χ1) is 8.81. The molecule has 1 unspecified atom stereocenters. The number of anilines is 1. The van der Waals surface area contributed by atoms with Crippen LogP contribution in [0.2, 0.25) is 0 Å². The number of nitrogens with one attached hydrogen (secondary N) is 1. The van der Waals surface area contributed by atoms with E-state index in [2.05, 4.69) is 10.3 Å². The smallest absolute Gasteiger partial charge is 0.335 e. The number of carboxylic acids is 1. The number of carboxylic acid groups (broad SMARTS) is 1. The first-order valence-electron chi connectivity index (χ1n) is 5.77. The molecular weight excluding hydrogens is 250 g/mol. The van der Waals surface area contributed by atoms with E-state index in [9.17, 15) is 14.7 Å². The minimum atomic E-state index is -1.35. The van der Waals surface area contributed by atoms with Crippen LogP contribution in [0.1, 0.15) is 35.8 Å². The van der Waals surface area contributed by atoms with Gasteiger partial charge in [-0.25, -0.2) is 9.78 Å². The van der Waals surface area contributed by atoms with Crippen LogP contribution in [0.3, 0.4) is 0 Å². The summed E-state index contributed by atoms with van der Waals surface area (Å²) in [5.74, 6) is -1.58. The molecule has 1 amide bonds. The number of pyridine rings is 1. The number of nitrogens with zero attached hydrogens (tertiary/aromatic N) is 1. The molecule has 0 aliphatic heterocycles. The SMILES string of the molecule is CC(C)c1cc(C(=O)O)cc(NCC(O)C(N)=O)n1. The second kappa shape index (κ2) is 6.14. The lowest BCUT2D eigenvalue weighted by Gasteiger charge is -2.12. The molecule has 19 heavy (non-hydrogen) atoms. The Morgan fingerprint density at radius 2 is 2.05 bits per heavy atom. The highest BCUT2D eigenvalue weighted by Gasteiger charge is 2.13. The summed E-state index contributed by atoms with van der Waals surface area (Å²) in [6.45, 7) is 3.65. The quantitative estimate of drug-likeness (QED) is 0.581. The predicted octanol–water partition coefficient (Wildman–Crippen LogP) is 0.161. The van der Waals surface area contributed by atoms with Gasteiger partial charge in [-0.1, -0.05) is 13.8 Å². The Labute approximate surface area is 110 Å². The molecule has 5 N–H and O–H groups in total.